The van der Waals surface area contributed by atoms with Crippen LogP contribution in [0.3, 0.4) is 0 Å². The molecule has 3 rings (SSSR count). The largest absolute Gasteiger partial charge is 0.396 e. The Labute approximate surface area is 118 Å². The van der Waals surface area contributed by atoms with E-state index in [4.69, 9.17) is 16.2 Å². The first kappa shape index (κ1) is 13.2. The van der Waals surface area contributed by atoms with Crippen LogP contribution in [0.4, 0.5) is 11.4 Å². The molecule has 1 heterocycles. The number of fused-ring (bicyclic) bond motifs is 1. The second-order valence-corrected chi connectivity index (χ2v) is 5.56. The van der Waals surface area contributed by atoms with Gasteiger partial charge in [0.15, 0.2) is 0 Å². The van der Waals surface area contributed by atoms with Crippen molar-refractivity contribution in [2.24, 2.45) is 5.73 Å². The molecule has 1 saturated heterocycles. The highest BCUT2D eigenvalue weighted by Crippen LogP contribution is 2.35. The summed E-state index contributed by atoms with van der Waals surface area (Å²) in [6.07, 6.45) is 4.96. The number of benzene rings is 1. The Kier molecular flexibility index (Phi) is 3.53. The molecule has 1 aliphatic carbocycles. The number of carbonyl (C=O) groups is 1. The van der Waals surface area contributed by atoms with E-state index in [1.54, 1.807) is 6.07 Å². The second-order valence-electron chi connectivity index (χ2n) is 5.56. The summed E-state index contributed by atoms with van der Waals surface area (Å²) < 4.78 is 5.88. The van der Waals surface area contributed by atoms with Gasteiger partial charge in [-0.25, -0.2) is 0 Å². The molecule has 108 valence electrons. The van der Waals surface area contributed by atoms with E-state index < -0.39 is 5.91 Å². The minimum atomic E-state index is -0.474. The zero-order valence-corrected chi connectivity index (χ0v) is 11.5. The van der Waals surface area contributed by atoms with E-state index >= 15 is 0 Å². The summed E-state index contributed by atoms with van der Waals surface area (Å²) in [5.74, 6) is -0.474. The first-order valence-corrected chi connectivity index (χ1v) is 7.25. The average molecular weight is 275 g/mol. The zero-order chi connectivity index (χ0) is 14.1. The molecule has 0 spiro atoms. The van der Waals surface area contributed by atoms with Gasteiger partial charge in [0, 0.05) is 6.54 Å². The summed E-state index contributed by atoms with van der Waals surface area (Å²) >= 11 is 0. The van der Waals surface area contributed by atoms with E-state index in [1.165, 1.54) is 12.8 Å². The fourth-order valence-electron chi connectivity index (χ4n) is 3.41. The molecule has 0 aromatic heterocycles. The smallest absolute Gasteiger partial charge is 0.250 e. The van der Waals surface area contributed by atoms with E-state index in [0.29, 0.717) is 23.9 Å². The number of carbonyl (C=O) groups excluding carboxylic acids is 1. The number of rotatable bonds is 2. The lowest BCUT2D eigenvalue weighted by Gasteiger charge is -2.45. The fourth-order valence-corrected chi connectivity index (χ4v) is 3.41. The SMILES string of the molecule is NC(=O)c1cccc(N2CCOC3CCCCC32)c1N. The van der Waals surface area contributed by atoms with Crippen molar-refractivity contribution in [2.75, 3.05) is 23.8 Å². The van der Waals surface area contributed by atoms with E-state index in [-0.39, 0.29) is 6.10 Å². The first-order chi connectivity index (χ1) is 9.68. The molecule has 0 radical (unpaired) electrons. The van der Waals surface area contributed by atoms with Crippen molar-refractivity contribution in [3.63, 3.8) is 0 Å². The predicted molar refractivity (Wildman–Crippen MR) is 78.7 cm³/mol. The van der Waals surface area contributed by atoms with Crippen molar-refractivity contribution in [1.29, 1.82) is 0 Å². The topological polar surface area (TPSA) is 81.6 Å². The van der Waals surface area contributed by atoms with Crippen LogP contribution in [0.1, 0.15) is 36.0 Å². The van der Waals surface area contributed by atoms with E-state index in [0.717, 1.165) is 25.1 Å². The lowest BCUT2D eigenvalue weighted by atomic mass is 9.89. The van der Waals surface area contributed by atoms with Gasteiger partial charge in [0.05, 0.1) is 35.7 Å². The van der Waals surface area contributed by atoms with Crippen molar-refractivity contribution in [1.82, 2.24) is 0 Å². The number of hydrogen-bond acceptors (Lipinski definition) is 4. The van der Waals surface area contributed by atoms with Gasteiger partial charge in [0.25, 0.3) is 5.91 Å². The molecule has 20 heavy (non-hydrogen) atoms. The summed E-state index contributed by atoms with van der Waals surface area (Å²) in [5, 5.41) is 0. The van der Waals surface area contributed by atoms with Gasteiger partial charge < -0.3 is 21.1 Å². The first-order valence-electron chi connectivity index (χ1n) is 7.25. The Morgan fingerprint density at radius 2 is 2.10 bits per heavy atom. The minimum absolute atomic E-state index is 0.286. The van der Waals surface area contributed by atoms with Gasteiger partial charge in [-0.2, -0.15) is 0 Å². The molecule has 0 bridgehead atoms. The lowest BCUT2D eigenvalue weighted by Crippen LogP contribution is -2.53. The van der Waals surface area contributed by atoms with Crippen LogP contribution in [0.25, 0.3) is 0 Å². The molecular weight excluding hydrogens is 254 g/mol. The monoisotopic (exact) mass is 275 g/mol. The Morgan fingerprint density at radius 3 is 2.90 bits per heavy atom. The number of anilines is 2. The third kappa shape index (κ3) is 2.22. The van der Waals surface area contributed by atoms with Crippen LogP contribution in [0, 0.1) is 0 Å². The fraction of sp³-hybridized carbons (Fsp3) is 0.533. The van der Waals surface area contributed by atoms with Crippen molar-refractivity contribution < 1.29 is 9.53 Å². The van der Waals surface area contributed by atoms with Crippen LogP contribution in [-0.2, 0) is 4.74 Å². The van der Waals surface area contributed by atoms with Gasteiger partial charge >= 0.3 is 0 Å². The van der Waals surface area contributed by atoms with Crippen LogP contribution in [0.5, 0.6) is 0 Å². The van der Waals surface area contributed by atoms with Crippen molar-refractivity contribution in [3.05, 3.63) is 23.8 Å². The summed E-state index contributed by atoms with van der Waals surface area (Å²) in [6.45, 7) is 1.52. The average Bonchev–Trinajstić information content (AvgIpc) is 2.47. The van der Waals surface area contributed by atoms with Crippen LogP contribution in [-0.4, -0.2) is 31.2 Å². The summed E-state index contributed by atoms with van der Waals surface area (Å²) in [6, 6.07) is 5.86. The molecule has 2 aliphatic rings. The Bertz CT molecular complexity index is 516. The Morgan fingerprint density at radius 1 is 1.30 bits per heavy atom. The van der Waals surface area contributed by atoms with Gasteiger partial charge in [-0.05, 0) is 25.0 Å². The summed E-state index contributed by atoms with van der Waals surface area (Å²) in [5.41, 5.74) is 13.4. The van der Waals surface area contributed by atoms with Crippen LogP contribution >= 0.6 is 0 Å². The highest BCUT2D eigenvalue weighted by Gasteiger charge is 2.35. The minimum Gasteiger partial charge on any atom is -0.396 e. The third-order valence-electron chi connectivity index (χ3n) is 4.39. The molecule has 1 aromatic rings. The maximum absolute atomic E-state index is 11.4. The number of nitrogen functional groups attached to an aromatic ring is 1. The van der Waals surface area contributed by atoms with Crippen LogP contribution < -0.4 is 16.4 Å². The predicted octanol–water partition coefficient (Wildman–Crippen LogP) is 1.52. The molecule has 1 amide bonds. The van der Waals surface area contributed by atoms with Crippen LogP contribution in [0.2, 0.25) is 0 Å². The van der Waals surface area contributed by atoms with Crippen molar-refractivity contribution in [2.45, 2.75) is 37.8 Å². The van der Waals surface area contributed by atoms with E-state index in [1.807, 2.05) is 12.1 Å². The number of nitrogens with zero attached hydrogens (tertiary/aromatic N) is 1. The van der Waals surface area contributed by atoms with Gasteiger partial charge in [0.1, 0.15) is 0 Å². The van der Waals surface area contributed by atoms with Gasteiger partial charge in [-0.1, -0.05) is 18.9 Å². The number of amides is 1. The summed E-state index contributed by atoms with van der Waals surface area (Å²) in [4.78, 5) is 13.7. The number of ether oxygens (including phenoxy) is 1. The number of para-hydroxylation sites is 1. The van der Waals surface area contributed by atoms with Gasteiger partial charge in [0.2, 0.25) is 0 Å². The zero-order valence-electron chi connectivity index (χ0n) is 11.5. The van der Waals surface area contributed by atoms with E-state index in [2.05, 4.69) is 4.90 Å². The number of hydrogen-bond donors (Lipinski definition) is 2. The standard InChI is InChI=1S/C15H21N3O2/c16-14-10(15(17)19)4-3-6-12(14)18-8-9-20-13-7-2-1-5-11(13)18/h3-4,6,11,13H,1-2,5,7-9,16H2,(H2,17,19). The lowest BCUT2D eigenvalue weighted by molar-refractivity contribution is -0.00862. The highest BCUT2D eigenvalue weighted by molar-refractivity contribution is 6.00. The maximum Gasteiger partial charge on any atom is 0.250 e. The second kappa shape index (κ2) is 5.32. The normalized spacial score (nSPS) is 26.1. The van der Waals surface area contributed by atoms with Crippen LogP contribution in [0.15, 0.2) is 18.2 Å². The number of morpholine rings is 1. The molecule has 2 unspecified atom stereocenters. The summed E-state index contributed by atoms with van der Waals surface area (Å²) in [7, 11) is 0. The Hall–Kier alpha value is -1.75. The molecule has 2 atom stereocenters. The molecule has 5 nitrogen and oxygen atoms in total. The molecule has 1 aliphatic heterocycles. The van der Waals surface area contributed by atoms with E-state index in [9.17, 15) is 4.79 Å². The molecule has 4 N–H and O–H groups in total. The quantitative estimate of drug-likeness (QED) is 0.802. The molecular formula is C15H21N3O2. The molecule has 1 aromatic carbocycles. The molecule has 1 saturated carbocycles. The third-order valence-corrected chi connectivity index (χ3v) is 4.39. The number of nitrogens with two attached hydrogens (primary N) is 2. The van der Waals surface area contributed by atoms with Crippen molar-refractivity contribution in [3.8, 4) is 0 Å². The van der Waals surface area contributed by atoms with Gasteiger partial charge in [-0.15, -0.1) is 0 Å². The van der Waals surface area contributed by atoms with Gasteiger partial charge in [-0.3, -0.25) is 4.79 Å². The maximum atomic E-state index is 11.4. The molecule has 5 heteroatoms. The number of primary amides is 1. The highest BCUT2D eigenvalue weighted by atomic mass is 16.5. The Balaban J connectivity index is 1.95. The molecule has 2 fully saturated rings. The van der Waals surface area contributed by atoms with Crippen molar-refractivity contribution >= 4 is 17.3 Å².